The van der Waals surface area contributed by atoms with E-state index in [1.54, 1.807) is 37.3 Å². The van der Waals surface area contributed by atoms with Gasteiger partial charge in [0.2, 0.25) is 0 Å². The predicted octanol–water partition coefficient (Wildman–Crippen LogP) is 3.58. The van der Waals surface area contributed by atoms with Crippen LogP contribution < -0.4 is 0 Å². The van der Waals surface area contributed by atoms with Crippen LogP contribution in [0.15, 0.2) is 42.5 Å². The Hall–Kier alpha value is -1.61. The molecule has 0 radical (unpaired) electrons. The highest BCUT2D eigenvalue weighted by molar-refractivity contribution is 6.64. The number of hydrogen-bond acceptors (Lipinski definition) is 3. The van der Waals surface area contributed by atoms with Gasteiger partial charge in [0.25, 0.3) is 5.24 Å². The van der Waals surface area contributed by atoms with E-state index < -0.39 is 17.3 Å². The molecule has 19 heavy (non-hydrogen) atoms. The van der Waals surface area contributed by atoms with E-state index in [1.807, 2.05) is 6.92 Å². The van der Waals surface area contributed by atoms with E-state index in [-0.39, 0.29) is 5.92 Å². The van der Waals surface area contributed by atoms with Gasteiger partial charge in [0.15, 0.2) is 6.10 Å². The van der Waals surface area contributed by atoms with Gasteiger partial charge in [0.1, 0.15) is 0 Å². The van der Waals surface area contributed by atoms with E-state index in [1.165, 1.54) is 0 Å². The maximum Gasteiger partial charge on any atom is 0.338 e. The van der Waals surface area contributed by atoms with Gasteiger partial charge in [-0.3, -0.25) is 4.79 Å². The van der Waals surface area contributed by atoms with Crippen molar-refractivity contribution in [3.63, 3.8) is 0 Å². The van der Waals surface area contributed by atoms with Crippen LogP contribution in [-0.2, 0) is 9.53 Å². The lowest BCUT2D eigenvalue weighted by molar-refractivity contribution is -0.122. The average Bonchev–Trinajstić information content (AvgIpc) is 2.35. The number of halogens is 1. The van der Waals surface area contributed by atoms with Crippen molar-refractivity contribution in [2.45, 2.75) is 26.4 Å². The molecule has 0 saturated carbocycles. The first-order valence-corrected chi connectivity index (χ1v) is 6.39. The van der Waals surface area contributed by atoms with Crippen molar-refractivity contribution in [3.05, 3.63) is 48.0 Å². The van der Waals surface area contributed by atoms with Gasteiger partial charge < -0.3 is 4.74 Å². The van der Waals surface area contributed by atoms with E-state index in [0.717, 1.165) is 5.57 Å². The molecule has 0 heterocycles. The van der Waals surface area contributed by atoms with E-state index in [2.05, 4.69) is 6.58 Å². The molecule has 1 aromatic rings. The fourth-order valence-corrected chi connectivity index (χ4v) is 2.06. The summed E-state index contributed by atoms with van der Waals surface area (Å²) in [4.78, 5) is 23.3. The molecule has 0 aliphatic carbocycles. The van der Waals surface area contributed by atoms with Gasteiger partial charge in [-0.2, -0.15) is 0 Å². The molecule has 0 spiro atoms. The maximum atomic E-state index is 11.9. The summed E-state index contributed by atoms with van der Waals surface area (Å²) in [7, 11) is 0. The van der Waals surface area contributed by atoms with Gasteiger partial charge in [-0.25, -0.2) is 4.79 Å². The van der Waals surface area contributed by atoms with Crippen LogP contribution in [0.1, 0.15) is 30.6 Å². The Morgan fingerprint density at radius 1 is 1.32 bits per heavy atom. The average molecular weight is 281 g/mol. The molecule has 102 valence electrons. The Morgan fingerprint density at radius 3 is 2.37 bits per heavy atom. The highest BCUT2D eigenvalue weighted by Gasteiger charge is 2.28. The normalized spacial score (nSPS) is 13.4. The first kappa shape index (κ1) is 15.4. The zero-order chi connectivity index (χ0) is 14.4. The summed E-state index contributed by atoms with van der Waals surface area (Å²) in [6.07, 6.45) is -0.378. The lowest BCUT2D eigenvalue weighted by atomic mass is 9.98. The molecule has 0 saturated heterocycles. The Balaban J connectivity index is 2.77. The molecule has 0 aromatic heterocycles. The van der Waals surface area contributed by atoms with Crippen LogP contribution in [0.4, 0.5) is 0 Å². The predicted molar refractivity (Wildman–Crippen MR) is 75.1 cm³/mol. The molecule has 0 aliphatic heterocycles. The fourth-order valence-electron chi connectivity index (χ4n) is 1.80. The first-order chi connectivity index (χ1) is 8.91. The fraction of sp³-hybridized carbons (Fsp3) is 0.333. The van der Waals surface area contributed by atoms with Crippen molar-refractivity contribution in [2.24, 2.45) is 5.92 Å². The minimum atomic E-state index is -0.953. The molecule has 3 nitrogen and oxygen atoms in total. The van der Waals surface area contributed by atoms with Crippen LogP contribution in [0.3, 0.4) is 0 Å². The van der Waals surface area contributed by atoms with Crippen LogP contribution in [0.2, 0.25) is 0 Å². The van der Waals surface area contributed by atoms with E-state index in [9.17, 15) is 9.59 Å². The smallest absolute Gasteiger partial charge is 0.338 e. The SMILES string of the molecule is C=C(C)C[C@H](C)[C@H](OC(=O)c1ccccc1)C(=O)Cl. The molecule has 0 bridgehead atoms. The van der Waals surface area contributed by atoms with Crippen molar-refractivity contribution < 1.29 is 14.3 Å². The summed E-state index contributed by atoms with van der Waals surface area (Å²) in [6.45, 7) is 7.44. The number of carbonyl (C=O) groups is 2. The standard InChI is InChI=1S/C15H17ClO3/c1-10(2)9-11(3)13(14(16)17)19-15(18)12-7-5-4-6-8-12/h4-8,11,13H,1,9H2,2-3H3/t11-,13-/m0/s1. The number of hydrogen-bond donors (Lipinski definition) is 0. The summed E-state index contributed by atoms with van der Waals surface area (Å²) < 4.78 is 5.20. The molecule has 2 atom stereocenters. The second kappa shape index (κ2) is 7.10. The number of carbonyl (C=O) groups excluding carboxylic acids is 2. The van der Waals surface area contributed by atoms with E-state index in [0.29, 0.717) is 12.0 Å². The highest BCUT2D eigenvalue weighted by Crippen LogP contribution is 2.20. The minimum Gasteiger partial charge on any atom is -0.449 e. The molecular weight excluding hydrogens is 264 g/mol. The second-order valence-corrected chi connectivity index (χ2v) is 5.01. The summed E-state index contributed by atoms with van der Waals surface area (Å²) in [5.74, 6) is -0.747. The van der Waals surface area contributed by atoms with Gasteiger partial charge >= 0.3 is 5.97 Å². The summed E-state index contributed by atoms with van der Waals surface area (Å²) >= 11 is 5.51. The Labute approximate surface area is 118 Å². The van der Waals surface area contributed by atoms with Gasteiger partial charge in [0.05, 0.1) is 5.56 Å². The number of esters is 1. The molecule has 0 fully saturated rings. The number of benzene rings is 1. The van der Waals surface area contributed by atoms with Gasteiger partial charge in [0, 0.05) is 5.92 Å². The third-order valence-corrected chi connectivity index (χ3v) is 2.87. The molecule has 0 amide bonds. The van der Waals surface area contributed by atoms with Gasteiger partial charge in [-0.1, -0.05) is 30.7 Å². The van der Waals surface area contributed by atoms with Crippen LogP contribution in [-0.4, -0.2) is 17.3 Å². The summed E-state index contributed by atoms with van der Waals surface area (Å²) in [6, 6.07) is 8.50. The van der Waals surface area contributed by atoms with Crippen molar-refractivity contribution in [1.29, 1.82) is 0 Å². The largest absolute Gasteiger partial charge is 0.449 e. The van der Waals surface area contributed by atoms with Crippen LogP contribution in [0, 0.1) is 5.92 Å². The first-order valence-electron chi connectivity index (χ1n) is 6.01. The summed E-state index contributed by atoms with van der Waals surface area (Å²) in [5, 5.41) is -0.668. The summed E-state index contributed by atoms with van der Waals surface area (Å²) in [5.41, 5.74) is 1.30. The quantitative estimate of drug-likeness (QED) is 0.454. The Morgan fingerprint density at radius 2 is 1.89 bits per heavy atom. The van der Waals surface area contributed by atoms with Crippen LogP contribution in [0.25, 0.3) is 0 Å². The maximum absolute atomic E-state index is 11.9. The topological polar surface area (TPSA) is 43.4 Å². The zero-order valence-electron chi connectivity index (χ0n) is 11.1. The Bertz CT molecular complexity index is 468. The van der Waals surface area contributed by atoms with Crippen molar-refractivity contribution in [2.75, 3.05) is 0 Å². The van der Waals surface area contributed by atoms with Crippen molar-refractivity contribution in [1.82, 2.24) is 0 Å². The Kier molecular flexibility index (Phi) is 5.77. The van der Waals surface area contributed by atoms with Gasteiger partial charge in [-0.05, 0) is 37.1 Å². The monoisotopic (exact) mass is 280 g/mol. The molecule has 0 unspecified atom stereocenters. The number of ether oxygens (including phenoxy) is 1. The molecule has 0 aliphatic rings. The minimum absolute atomic E-state index is 0.199. The van der Waals surface area contributed by atoms with E-state index in [4.69, 9.17) is 16.3 Å². The second-order valence-electron chi connectivity index (χ2n) is 4.63. The molecule has 0 N–H and O–H groups in total. The van der Waals surface area contributed by atoms with Gasteiger partial charge in [-0.15, -0.1) is 6.58 Å². The highest BCUT2D eigenvalue weighted by atomic mass is 35.5. The molecule has 4 heteroatoms. The lowest BCUT2D eigenvalue weighted by Crippen LogP contribution is -2.30. The molecule has 1 aromatic carbocycles. The zero-order valence-corrected chi connectivity index (χ0v) is 11.8. The van der Waals surface area contributed by atoms with Crippen molar-refractivity contribution in [3.8, 4) is 0 Å². The van der Waals surface area contributed by atoms with E-state index >= 15 is 0 Å². The van der Waals surface area contributed by atoms with Crippen LogP contribution >= 0.6 is 11.6 Å². The molecule has 1 rings (SSSR count). The van der Waals surface area contributed by atoms with Crippen molar-refractivity contribution >= 4 is 22.8 Å². The lowest BCUT2D eigenvalue weighted by Gasteiger charge is -2.20. The third kappa shape index (κ3) is 4.87. The number of rotatable bonds is 6. The molecular formula is C15H17ClO3. The third-order valence-electron chi connectivity index (χ3n) is 2.65. The van der Waals surface area contributed by atoms with Crippen LogP contribution in [0.5, 0.6) is 0 Å². The number of allylic oxidation sites excluding steroid dienone is 1.